The topological polar surface area (TPSA) is 63.4 Å². The lowest BCUT2D eigenvalue weighted by Crippen LogP contribution is -2.44. The summed E-state index contributed by atoms with van der Waals surface area (Å²) in [7, 11) is -3.91. The highest BCUT2D eigenvalue weighted by Gasteiger charge is 2.34. The van der Waals surface area contributed by atoms with Gasteiger partial charge in [-0.25, -0.2) is 12.8 Å². The van der Waals surface area contributed by atoms with Crippen LogP contribution in [0, 0.1) is 5.82 Å². The van der Waals surface area contributed by atoms with Crippen LogP contribution in [0.4, 0.5) is 10.1 Å². The van der Waals surface area contributed by atoms with Crippen LogP contribution in [0.3, 0.4) is 0 Å². The number of halogens is 2. The van der Waals surface area contributed by atoms with Crippen molar-refractivity contribution >= 4 is 39.1 Å². The monoisotopic (exact) mass is 324 g/mol. The van der Waals surface area contributed by atoms with Gasteiger partial charge in [0, 0.05) is 29.8 Å². The Labute approximate surface area is 121 Å². The Bertz CT molecular complexity index is 595. The number of benzene rings is 1. The first-order valence-corrected chi connectivity index (χ1v) is 8.65. The summed E-state index contributed by atoms with van der Waals surface area (Å²) < 4.78 is 40.2. The van der Waals surface area contributed by atoms with Gasteiger partial charge in [-0.2, -0.15) is 16.1 Å². The lowest BCUT2D eigenvalue weighted by molar-refractivity contribution is 0.365. The summed E-state index contributed by atoms with van der Waals surface area (Å²) in [5.74, 6) is 0.444. The van der Waals surface area contributed by atoms with E-state index in [0.717, 1.165) is 6.07 Å². The summed E-state index contributed by atoms with van der Waals surface area (Å²) in [6.07, 6.45) is 0. The average Bonchev–Trinajstić information content (AvgIpc) is 2.34. The smallest absolute Gasteiger partial charge is 0.246 e. The van der Waals surface area contributed by atoms with E-state index in [4.69, 9.17) is 17.3 Å². The van der Waals surface area contributed by atoms with Gasteiger partial charge in [-0.3, -0.25) is 0 Å². The van der Waals surface area contributed by atoms with Crippen molar-refractivity contribution in [2.24, 2.45) is 0 Å². The largest absolute Gasteiger partial charge is 0.399 e. The van der Waals surface area contributed by atoms with Gasteiger partial charge in [-0.15, -0.1) is 0 Å². The fourth-order valence-electron chi connectivity index (χ4n) is 1.97. The predicted octanol–water partition coefficient (Wildman–Crippen LogP) is 2.19. The molecule has 1 atom stereocenters. The highest BCUT2D eigenvalue weighted by atomic mass is 35.5. The number of hydrogen-bond donors (Lipinski definition) is 1. The van der Waals surface area contributed by atoms with E-state index in [9.17, 15) is 12.8 Å². The first-order valence-electron chi connectivity index (χ1n) is 5.68. The Morgan fingerprint density at radius 1 is 1.53 bits per heavy atom. The maximum Gasteiger partial charge on any atom is 0.246 e. The summed E-state index contributed by atoms with van der Waals surface area (Å²) in [5.41, 5.74) is 5.68. The van der Waals surface area contributed by atoms with Gasteiger partial charge >= 0.3 is 0 Å². The number of anilines is 1. The average molecular weight is 325 g/mol. The second-order valence-electron chi connectivity index (χ2n) is 4.35. The molecular formula is C11H14ClFN2O2S2. The van der Waals surface area contributed by atoms with Crippen molar-refractivity contribution in [3.63, 3.8) is 0 Å². The van der Waals surface area contributed by atoms with Crippen molar-refractivity contribution in [3.8, 4) is 0 Å². The summed E-state index contributed by atoms with van der Waals surface area (Å²) in [5, 5.41) is -0.280. The van der Waals surface area contributed by atoms with Gasteiger partial charge in [0.25, 0.3) is 0 Å². The van der Waals surface area contributed by atoms with Crippen molar-refractivity contribution in [1.29, 1.82) is 0 Å². The molecule has 1 heterocycles. The minimum absolute atomic E-state index is 0.129. The fourth-order valence-corrected chi connectivity index (χ4v) is 5.23. The van der Waals surface area contributed by atoms with Gasteiger partial charge in [0.05, 0.1) is 5.02 Å². The molecular weight excluding hydrogens is 311 g/mol. The number of hydrogen-bond acceptors (Lipinski definition) is 4. The summed E-state index contributed by atoms with van der Waals surface area (Å²) in [6, 6.07) is 2.14. The van der Waals surface area contributed by atoms with E-state index in [1.54, 1.807) is 18.7 Å². The minimum Gasteiger partial charge on any atom is -0.399 e. The molecule has 4 nitrogen and oxygen atoms in total. The Kier molecular flexibility index (Phi) is 4.29. The number of nitrogen functional groups attached to an aromatic ring is 1. The molecule has 1 unspecified atom stereocenters. The molecule has 1 saturated heterocycles. The molecule has 1 aromatic rings. The van der Waals surface area contributed by atoms with Crippen LogP contribution < -0.4 is 5.73 Å². The first kappa shape index (κ1) is 14.9. The van der Waals surface area contributed by atoms with E-state index in [0.29, 0.717) is 18.1 Å². The minimum atomic E-state index is -3.91. The van der Waals surface area contributed by atoms with E-state index in [2.05, 4.69) is 0 Å². The van der Waals surface area contributed by atoms with Crippen LogP contribution >= 0.6 is 23.4 Å². The molecule has 0 aromatic heterocycles. The molecule has 19 heavy (non-hydrogen) atoms. The number of thioether (sulfide) groups is 1. The van der Waals surface area contributed by atoms with Gasteiger partial charge < -0.3 is 5.73 Å². The second-order valence-corrected chi connectivity index (χ2v) is 7.77. The zero-order valence-corrected chi connectivity index (χ0v) is 12.7. The van der Waals surface area contributed by atoms with Crippen LogP contribution in [-0.2, 0) is 10.0 Å². The second kappa shape index (κ2) is 5.47. The van der Waals surface area contributed by atoms with Crippen molar-refractivity contribution in [2.45, 2.75) is 17.9 Å². The summed E-state index contributed by atoms with van der Waals surface area (Å²) in [4.78, 5) is -0.448. The van der Waals surface area contributed by atoms with E-state index in [1.807, 2.05) is 0 Å². The lowest BCUT2D eigenvalue weighted by Gasteiger charge is -2.32. The molecule has 0 aliphatic carbocycles. The standard InChI is InChI=1S/C11H14ClFN2O2S2/c1-7-6-18-3-2-15(7)19(16,17)10-5-8(14)4-9(12)11(10)13/h4-5,7H,2-3,6,14H2,1H3. The molecule has 106 valence electrons. The third-order valence-electron chi connectivity index (χ3n) is 2.91. The number of sulfonamides is 1. The van der Waals surface area contributed by atoms with Crippen molar-refractivity contribution in [3.05, 3.63) is 23.0 Å². The molecule has 0 radical (unpaired) electrons. The van der Waals surface area contributed by atoms with E-state index >= 15 is 0 Å². The van der Waals surface area contributed by atoms with E-state index in [1.165, 1.54) is 10.4 Å². The fraction of sp³-hybridized carbons (Fsp3) is 0.455. The molecule has 1 aromatic carbocycles. The highest BCUT2D eigenvalue weighted by Crippen LogP contribution is 2.30. The molecule has 2 rings (SSSR count). The third-order valence-corrected chi connectivity index (χ3v) is 6.39. The van der Waals surface area contributed by atoms with Gasteiger partial charge in [0.15, 0.2) is 5.82 Å². The molecule has 2 N–H and O–H groups in total. The predicted molar refractivity (Wildman–Crippen MR) is 76.5 cm³/mol. The quantitative estimate of drug-likeness (QED) is 0.847. The Balaban J connectivity index is 2.50. The molecule has 0 amide bonds. The molecule has 0 spiro atoms. The Hall–Kier alpha value is -0.500. The molecule has 0 bridgehead atoms. The maximum atomic E-state index is 14.0. The van der Waals surface area contributed by atoms with Crippen LogP contribution in [0.25, 0.3) is 0 Å². The van der Waals surface area contributed by atoms with Gasteiger partial charge in [0.1, 0.15) is 4.90 Å². The van der Waals surface area contributed by atoms with E-state index < -0.39 is 20.7 Å². The molecule has 1 aliphatic heterocycles. The van der Waals surface area contributed by atoms with Gasteiger partial charge in [-0.1, -0.05) is 11.6 Å². The third kappa shape index (κ3) is 2.84. The van der Waals surface area contributed by atoms with Crippen molar-refractivity contribution in [2.75, 3.05) is 23.8 Å². The van der Waals surface area contributed by atoms with Crippen LogP contribution in [0.15, 0.2) is 17.0 Å². The molecule has 1 aliphatic rings. The normalized spacial score (nSPS) is 21.5. The number of nitrogens with zero attached hydrogens (tertiary/aromatic N) is 1. The van der Waals surface area contributed by atoms with Crippen LogP contribution in [0.1, 0.15) is 6.92 Å². The van der Waals surface area contributed by atoms with Crippen LogP contribution in [-0.4, -0.2) is 36.8 Å². The van der Waals surface area contributed by atoms with Crippen LogP contribution in [0.5, 0.6) is 0 Å². The van der Waals surface area contributed by atoms with Gasteiger partial charge in [-0.05, 0) is 19.1 Å². The van der Waals surface area contributed by atoms with Crippen molar-refractivity contribution in [1.82, 2.24) is 4.31 Å². The zero-order valence-electron chi connectivity index (χ0n) is 10.3. The van der Waals surface area contributed by atoms with Crippen molar-refractivity contribution < 1.29 is 12.8 Å². The van der Waals surface area contributed by atoms with E-state index in [-0.39, 0.29) is 16.8 Å². The SMILES string of the molecule is CC1CSCCN1S(=O)(=O)c1cc(N)cc(Cl)c1F. The number of nitrogens with two attached hydrogens (primary N) is 1. The van der Waals surface area contributed by atoms with Gasteiger partial charge in [0.2, 0.25) is 10.0 Å². The maximum absolute atomic E-state index is 14.0. The Morgan fingerprint density at radius 3 is 2.84 bits per heavy atom. The number of rotatable bonds is 2. The highest BCUT2D eigenvalue weighted by molar-refractivity contribution is 7.99. The molecule has 0 saturated carbocycles. The molecule has 1 fully saturated rings. The zero-order chi connectivity index (χ0) is 14.2. The van der Waals surface area contributed by atoms with Crippen LogP contribution in [0.2, 0.25) is 5.02 Å². The summed E-state index contributed by atoms with van der Waals surface area (Å²) in [6.45, 7) is 2.16. The molecule has 8 heteroatoms. The summed E-state index contributed by atoms with van der Waals surface area (Å²) >= 11 is 7.34. The lowest BCUT2D eigenvalue weighted by atomic mass is 10.3. The Morgan fingerprint density at radius 2 is 2.21 bits per heavy atom. The first-order chi connectivity index (χ1) is 8.84.